The van der Waals surface area contributed by atoms with Gasteiger partial charge in [-0.25, -0.2) is 4.39 Å². The highest BCUT2D eigenvalue weighted by atomic mass is 32.1. The van der Waals surface area contributed by atoms with Crippen LogP contribution in [0.15, 0.2) is 35.7 Å². The van der Waals surface area contributed by atoms with E-state index < -0.39 is 5.82 Å². The minimum Gasteiger partial charge on any atom is -0.397 e. The van der Waals surface area contributed by atoms with E-state index in [1.807, 2.05) is 11.4 Å². The van der Waals surface area contributed by atoms with Gasteiger partial charge < -0.3 is 16.4 Å². The molecular weight excluding hydrogens is 329 g/mol. The van der Waals surface area contributed by atoms with Crippen LogP contribution in [0.1, 0.15) is 35.4 Å². The summed E-state index contributed by atoms with van der Waals surface area (Å²) >= 11 is 1.40. The van der Waals surface area contributed by atoms with Gasteiger partial charge >= 0.3 is 0 Å². The highest BCUT2D eigenvalue weighted by molar-refractivity contribution is 7.12. The van der Waals surface area contributed by atoms with Crippen LogP contribution in [0, 0.1) is 5.82 Å². The molecule has 2 rings (SSSR count). The quantitative estimate of drug-likeness (QED) is 0.504. The maximum absolute atomic E-state index is 13.1. The summed E-state index contributed by atoms with van der Waals surface area (Å²) in [6, 6.07) is 7.48. The summed E-state index contributed by atoms with van der Waals surface area (Å²) < 4.78 is 13.1. The molecule has 1 aromatic heterocycles. The van der Waals surface area contributed by atoms with E-state index in [2.05, 4.69) is 10.6 Å². The predicted molar refractivity (Wildman–Crippen MR) is 94.6 cm³/mol. The van der Waals surface area contributed by atoms with E-state index in [1.54, 1.807) is 6.07 Å². The smallest absolute Gasteiger partial charge is 0.261 e. The number of halogens is 1. The molecule has 0 aliphatic carbocycles. The highest BCUT2D eigenvalue weighted by Crippen LogP contribution is 2.19. The van der Waals surface area contributed by atoms with Crippen LogP contribution in [-0.4, -0.2) is 18.4 Å². The van der Waals surface area contributed by atoms with Crippen LogP contribution in [0.25, 0.3) is 0 Å². The van der Waals surface area contributed by atoms with Crippen molar-refractivity contribution < 1.29 is 14.0 Å². The molecule has 0 bridgehead atoms. The summed E-state index contributed by atoms with van der Waals surface area (Å²) in [5.74, 6) is -0.708. The summed E-state index contributed by atoms with van der Waals surface area (Å²) in [6.45, 7) is 0.579. The number of amides is 2. The van der Waals surface area contributed by atoms with Crippen LogP contribution in [0.3, 0.4) is 0 Å². The van der Waals surface area contributed by atoms with E-state index in [0.29, 0.717) is 35.6 Å². The predicted octanol–water partition coefficient (Wildman–Crippen LogP) is 3.40. The largest absolute Gasteiger partial charge is 0.397 e. The van der Waals surface area contributed by atoms with Crippen molar-refractivity contribution in [2.75, 3.05) is 17.6 Å². The van der Waals surface area contributed by atoms with Gasteiger partial charge in [-0.1, -0.05) is 12.5 Å². The number of anilines is 2. The standard InChI is InChI=1S/C17H20FN3O2S/c18-12-7-8-13(19)14(11-12)21-16(22)6-2-1-3-9-20-17(23)15-5-4-10-24-15/h4-5,7-8,10-11H,1-3,6,9,19H2,(H,20,23)(H,21,22). The lowest BCUT2D eigenvalue weighted by atomic mass is 10.1. The van der Waals surface area contributed by atoms with Crippen molar-refractivity contribution in [3.63, 3.8) is 0 Å². The van der Waals surface area contributed by atoms with Gasteiger partial charge in [-0.3, -0.25) is 9.59 Å². The number of hydrogen-bond acceptors (Lipinski definition) is 4. The Morgan fingerprint density at radius 1 is 1.17 bits per heavy atom. The molecule has 128 valence electrons. The maximum Gasteiger partial charge on any atom is 0.261 e. The van der Waals surface area contributed by atoms with Crippen LogP contribution in [-0.2, 0) is 4.79 Å². The Balaban J connectivity index is 1.59. The van der Waals surface area contributed by atoms with E-state index >= 15 is 0 Å². The summed E-state index contributed by atoms with van der Waals surface area (Å²) in [5.41, 5.74) is 6.31. The molecule has 0 radical (unpaired) electrons. The molecule has 7 heteroatoms. The Morgan fingerprint density at radius 2 is 2.00 bits per heavy atom. The first-order valence-electron chi connectivity index (χ1n) is 7.73. The van der Waals surface area contributed by atoms with Crippen molar-refractivity contribution in [1.29, 1.82) is 0 Å². The summed E-state index contributed by atoms with van der Waals surface area (Å²) in [5, 5.41) is 7.31. The molecule has 5 nitrogen and oxygen atoms in total. The molecule has 2 amide bonds. The minimum atomic E-state index is -0.444. The molecule has 0 spiro atoms. The van der Waals surface area contributed by atoms with Gasteiger partial charge in [0.1, 0.15) is 5.82 Å². The third kappa shape index (κ3) is 5.66. The van der Waals surface area contributed by atoms with E-state index in [0.717, 1.165) is 12.8 Å². The summed E-state index contributed by atoms with van der Waals surface area (Å²) in [6.07, 6.45) is 2.63. The Hall–Kier alpha value is -2.41. The molecule has 0 saturated carbocycles. The zero-order chi connectivity index (χ0) is 17.4. The van der Waals surface area contributed by atoms with E-state index in [4.69, 9.17) is 5.73 Å². The molecule has 0 unspecified atom stereocenters. The second-order valence-electron chi connectivity index (χ2n) is 5.32. The Kier molecular flexibility index (Phi) is 6.74. The Morgan fingerprint density at radius 3 is 2.75 bits per heavy atom. The maximum atomic E-state index is 13.1. The summed E-state index contributed by atoms with van der Waals surface area (Å²) in [7, 11) is 0. The molecule has 24 heavy (non-hydrogen) atoms. The molecule has 4 N–H and O–H groups in total. The van der Waals surface area contributed by atoms with Gasteiger partial charge in [-0.05, 0) is 42.5 Å². The number of hydrogen-bond donors (Lipinski definition) is 3. The van der Waals surface area contributed by atoms with Gasteiger partial charge in [0.15, 0.2) is 0 Å². The van der Waals surface area contributed by atoms with Crippen molar-refractivity contribution in [1.82, 2.24) is 5.32 Å². The first-order valence-corrected chi connectivity index (χ1v) is 8.61. The van der Waals surface area contributed by atoms with Crippen molar-refractivity contribution in [2.45, 2.75) is 25.7 Å². The average Bonchev–Trinajstić information content (AvgIpc) is 3.08. The van der Waals surface area contributed by atoms with Crippen LogP contribution < -0.4 is 16.4 Å². The van der Waals surface area contributed by atoms with Crippen LogP contribution in [0.2, 0.25) is 0 Å². The molecule has 0 aliphatic rings. The lowest BCUT2D eigenvalue weighted by Crippen LogP contribution is -2.23. The zero-order valence-electron chi connectivity index (χ0n) is 13.2. The van der Waals surface area contributed by atoms with Crippen LogP contribution in [0.5, 0.6) is 0 Å². The van der Waals surface area contributed by atoms with Crippen LogP contribution >= 0.6 is 11.3 Å². The van der Waals surface area contributed by atoms with Gasteiger partial charge in [0.2, 0.25) is 5.91 Å². The van der Waals surface area contributed by atoms with Crippen LogP contribution in [0.4, 0.5) is 15.8 Å². The zero-order valence-corrected chi connectivity index (χ0v) is 14.0. The Bertz CT molecular complexity index is 689. The molecular formula is C17H20FN3O2S. The van der Waals surface area contributed by atoms with Gasteiger partial charge in [0.05, 0.1) is 16.3 Å². The van der Waals surface area contributed by atoms with Gasteiger partial charge in [0.25, 0.3) is 5.91 Å². The number of carbonyl (C=O) groups excluding carboxylic acids is 2. The third-order valence-corrected chi connectivity index (χ3v) is 4.27. The SMILES string of the molecule is Nc1ccc(F)cc1NC(=O)CCCCCNC(=O)c1cccs1. The highest BCUT2D eigenvalue weighted by Gasteiger charge is 2.07. The Labute approximate surface area is 144 Å². The third-order valence-electron chi connectivity index (χ3n) is 3.40. The molecule has 0 fully saturated rings. The lowest BCUT2D eigenvalue weighted by Gasteiger charge is -2.08. The first-order chi connectivity index (χ1) is 11.6. The monoisotopic (exact) mass is 349 g/mol. The second-order valence-corrected chi connectivity index (χ2v) is 6.27. The van der Waals surface area contributed by atoms with Crippen molar-refractivity contribution in [2.24, 2.45) is 0 Å². The number of rotatable bonds is 8. The fraction of sp³-hybridized carbons (Fsp3) is 0.294. The second kappa shape index (κ2) is 9.02. The minimum absolute atomic E-state index is 0.0654. The number of benzene rings is 1. The fourth-order valence-electron chi connectivity index (χ4n) is 2.13. The van der Waals surface area contributed by atoms with Crippen molar-refractivity contribution in [3.8, 4) is 0 Å². The molecule has 2 aromatic rings. The van der Waals surface area contributed by atoms with Crippen molar-refractivity contribution in [3.05, 3.63) is 46.4 Å². The number of unbranched alkanes of at least 4 members (excludes halogenated alkanes) is 2. The number of nitrogen functional groups attached to an aromatic ring is 1. The lowest BCUT2D eigenvalue weighted by molar-refractivity contribution is -0.116. The molecule has 1 heterocycles. The number of thiophene rings is 1. The summed E-state index contributed by atoms with van der Waals surface area (Å²) in [4.78, 5) is 24.2. The average molecular weight is 349 g/mol. The molecule has 0 atom stereocenters. The van der Waals surface area contributed by atoms with E-state index in [1.165, 1.54) is 29.5 Å². The fourth-order valence-corrected chi connectivity index (χ4v) is 2.77. The first kappa shape index (κ1) is 17.9. The van der Waals surface area contributed by atoms with E-state index in [-0.39, 0.29) is 11.8 Å². The van der Waals surface area contributed by atoms with Gasteiger partial charge in [0, 0.05) is 13.0 Å². The van der Waals surface area contributed by atoms with E-state index in [9.17, 15) is 14.0 Å². The number of nitrogens with one attached hydrogen (secondary N) is 2. The van der Waals surface area contributed by atoms with Crippen molar-refractivity contribution >= 4 is 34.5 Å². The molecule has 1 aromatic carbocycles. The van der Waals surface area contributed by atoms with Gasteiger partial charge in [-0.15, -0.1) is 11.3 Å². The normalized spacial score (nSPS) is 10.4. The molecule has 0 aliphatic heterocycles. The number of nitrogens with two attached hydrogens (primary N) is 1. The van der Waals surface area contributed by atoms with Gasteiger partial charge in [-0.2, -0.15) is 0 Å². The molecule has 0 saturated heterocycles. The number of carbonyl (C=O) groups is 2. The topological polar surface area (TPSA) is 84.2 Å².